The fraction of sp³-hybridized carbons (Fsp3) is 0.368. The molecule has 124 valence electrons. The van der Waals surface area contributed by atoms with Gasteiger partial charge in [0.15, 0.2) is 0 Å². The van der Waals surface area contributed by atoms with Crippen LogP contribution in [0.5, 0.6) is 0 Å². The van der Waals surface area contributed by atoms with E-state index >= 15 is 0 Å². The van der Waals surface area contributed by atoms with Crippen LogP contribution in [-0.2, 0) is 10.8 Å². The Morgan fingerprint density at radius 3 is 2.22 bits per heavy atom. The molecule has 0 aliphatic carbocycles. The van der Waals surface area contributed by atoms with Crippen molar-refractivity contribution in [3.8, 4) is 0 Å². The van der Waals surface area contributed by atoms with E-state index in [4.69, 9.17) is 0 Å². The predicted molar refractivity (Wildman–Crippen MR) is 99.4 cm³/mol. The Morgan fingerprint density at radius 2 is 1.65 bits per heavy atom. The molecule has 1 unspecified atom stereocenters. The van der Waals surface area contributed by atoms with E-state index in [1.54, 1.807) is 11.8 Å². The van der Waals surface area contributed by atoms with E-state index < -0.39 is 16.9 Å². The van der Waals surface area contributed by atoms with Crippen LogP contribution in [0.15, 0.2) is 58.3 Å². The molecule has 23 heavy (non-hydrogen) atoms. The molecule has 0 spiro atoms. The van der Waals surface area contributed by atoms with E-state index in [1.807, 2.05) is 75.6 Å². The van der Waals surface area contributed by atoms with E-state index in [1.165, 1.54) is 0 Å². The zero-order chi connectivity index (χ0) is 17.0. The van der Waals surface area contributed by atoms with Crippen LogP contribution in [0.4, 0.5) is 0 Å². The lowest BCUT2D eigenvalue weighted by molar-refractivity contribution is 0.122. The number of thioether (sulfide) groups is 1. The van der Waals surface area contributed by atoms with Gasteiger partial charge < -0.3 is 5.11 Å². The third-order valence-corrected chi connectivity index (χ3v) is 6.42. The maximum atomic E-state index is 13.0. The maximum Gasteiger partial charge on any atom is 0.0852 e. The van der Waals surface area contributed by atoms with Crippen LogP contribution in [0.3, 0.4) is 0 Å². The number of benzene rings is 2. The Kier molecular flexibility index (Phi) is 6.45. The van der Waals surface area contributed by atoms with Crippen molar-refractivity contribution in [2.24, 2.45) is 5.92 Å². The van der Waals surface area contributed by atoms with Crippen LogP contribution in [0, 0.1) is 12.8 Å². The molecule has 2 rings (SSSR count). The molecule has 2 nitrogen and oxygen atoms in total. The molecular weight excluding hydrogens is 324 g/mol. The molecule has 2 aromatic rings. The summed E-state index contributed by atoms with van der Waals surface area (Å²) in [6, 6.07) is 15.5. The normalized spacial score (nSPS) is 15.4. The first kappa shape index (κ1) is 18.2. The van der Waals surface area contributed by atoms with Gasteiger partial charge in [0.2, 0.25) is 0 Å². The smallest absolute Gasteiger partial charge is 0.0852 e. The van der Waals surface area contributed by atoms with Crippen molar-refractivity contribution >= 4 is 22.6 Å². The first-order valence-electron chi connectivity index (χ1n) is 7.74. The highest BCUT2D eigenvalue weighted by atomic mass is 32.2. The molecule has 0 heterocycles. The molecule has 0 saturated heterocycles. The molecule has 2 aromatic carbocycles. The number of hydrogen-bond acceptors (Lipinski definition) is 3. The first-order valence-corrected chi connectivity index (χ1v) is 10.2. The molecule has 0 bridgehead atoms. The Morgan fingerprint density at radius 1 is 1.04 bits per heavy atom. The lowest BCUT2D eigenvalue weighted by Crippen LogP contribution is -2.23. The number of aryl methyl sites for hydroxylation is 1. The Hall–Kier alpha value is -1.10. The van der Waals surface area contributed by atoms with Crippen LogP contribution in [0.25, 0.3) is 0 Å². The van der Waals surface area contributed by atoms with Gasteiger partial charge in [-0.2, -0.15) is 11.8 Å². The van der Waals surface area contributed by atoms with E-state index in [-0.39, 0.29) is 11.2 Å². The van der Waals surface area contributed by atoms with E-state index in [2.05, 4.69) is 0 Å². The number of hydrogen-bond donors (Lipinski definition) is 1. The van der Waals surface area contributed by atoms with Crippen molar-refractivity contribution in [1.82, 2.24) is 0 Å². The van der Waals surface area contributed by atoms with Crippen molar-refractivity contribution < 1.29 is 9.32 Å². The van der Waals surface area contributed by atoms with Gasteiger partial charge in [-0.05, 0) is 42.9 Å². The molecule has 0 aliphatic rings. The number of aliphatic hydroxyl groups is 1. The average molecular weight is 349 g/mol. The minimum atomic E-state index is -1.24. The molecule has 0 saturated carbocycles. The molecule has 0 fully saturated rings. The minimum Gasteiger partial charge on any atom is -0.391 e. The van der Waals surface area contributed by atoms with Crippen molar-refractivity contribution in [2.45, 2.75) is 41.9 Å². The van der Waals surface area contributed by atoms with Crippen LogP contribution in [0.1, 0.15) is 30.2 Å². The standard InChI is InChI=1S/C19H24O2S2/c1-13(2)18(20)19(22-4)16-7-5-6-8-17(16)23(21)15-11-9-14(3)10-12-15/h5-13,18-20H,1-4H3/t18?,19-,23+/m1/s1. The van der Waals surface area contributed by atoms with Gasteiger partial charge in [0.05, 0.1) is 22.2 Å². The fourth-order valence-corrected chi connectivity index (χ4v) is 4.85. The van der Waals surface area contributed by atoms with Crippen molar-refractivity contribution in [1.29, 1.82) is 0 Å². The van der Waals surface area contributed by atoms with Gasteiger partial charge in [0, 0.05) is 9.79 Å². The molecule has 1 N–H and O–H groups in total. The lowest BCUT2D eigenvalue weighted by Gasteiger charge is -2.26. The Labute approximate surface area is 145 Å². The second-order valence-corrected chi connectivity index (χ2v) is 8.44. The van der Waals surface area contributed by atoms with Gasteiger partial charge >= 0.3 is 0 Å². The second-order valence-electron chi connectivity index (χ2n) is 6.01. The Bertz CT molecular complexity index is 665. The van der Waals surface area contributed by atoms with Crippen molar-refractivity contribution in [3.05, 3.63) is 59.7 Å². The molecule has 3 atom stereocenters. The molecule has 0 aliphatic heterocycles. The highest BCUT2D eigenvalue weighted by Crippen LogP contribution is 2.37. The van der Waals surface area contributed by atoms with Gasteiger partial charge in [0.25, 0.3) is 0 Å². The van der Waals surface area contributed by atoms with E-state index in [0.717, 1.165) is 20.9 Å². The van der Waals surface area contributed by atoms with Crippen LogP contribution >= 0.6 is 11.8 Å². The van der Waals surface area contributed by atoms with Crippen molar-refractivity contribution in [2.75, 3.05) is 6.26 Å². The summed E-state index contributed by atoms with van der Waals surface area (Å²) in [5.41, 5.74) is 2.11. The molecule has 0 radical (unpaired) electrons. The summed E-state index contributed by atoms with van der Waals surface area (Å²) >= 11 is 1.60. The lowest BCUT2D eigenvalue weighted by atomic mass is 9.98. The average Bonchev–Trinajstić information content (AvgIpc) is 2.56. The molecule has 0 aromatic heterocycles. The Balaban J connectivity index is 2.44. The van der Waals surface area contributed by atoms with E-state index in [9.17, 15) is 9.32 Å². The molecule has 0 amide bonds. The maximum absolute atomic E-state index is 13.0. The van der Waals surface area contributed by atoms with Crippen LogP contribution in [0.2, 0.25) is 0 Å². The summed E-state index contributed by atoms with van der Waals surface area (Å²) in [5, 5.41) is 10.5. The highest BCUT2D eigenvalue weighted by molar-refractivity contribution is 7.98. The summed E-state index contributed by atoms with van der Waals surface area (Å²) in [7, 11) is -1.24. The van der Waals surface area contributed by atoms with Crippen molar-refractivity contribution in [3.63, 3.8) is 0 Å². The monoisotopic (exact) mass is 348 g/mol. The quantitative estimate of drug-likeness (QED) is 0.830. The zero-order valence-electron chi connectivity index (χ0n) is 14.0. The molecule has 4 heteroatoms. The third-order valence-electron chi connectivity index (χ3n) is 3.91. The van der Waals surface area contributed by atoms with E-state index in [0.29, 0.717) is 0 Å². The van der Waals surface area contributed by atoms with Gasteiger partial charge in [-0.25, -0.2) is 4.21 Å². The van der Waals surface area contributed by atoms with Gasteiger partial charge in [-0.15, -0.1) is 0 Å². The van der Waals surface area contributed by atoms with Gasteiger partial charge in [0.1, 0.15) is 0 Å². The van der Waals surface area contributed by atoms with Crippen LogP contribution in [-0.4, -0.2) is 21.7 Å². The fourth-order valence-electron chi connectivity index (χ4n) is 2.47. The topological polar surface area (TPSA) is 37.3 Å². The second kappa shape index (κ2) is 8.13. The molecular formula is C19H24O2S2. The summed E-state index contributed by atoms with van der Waals surface area (Å²) < 4.78 is 13.0. The summed E-state index contributed by atoms with van der Waals surface area (Å²) in [6.45, 7) is 6.03. The highest BCUT2D eigenvalue weighted by Gasteiger charge is 2.26. The summed E-state index contributed by atoms with van der Waals surface area (Å²) in [4.78, 5) is 1.58. The third kappa shape index (κ3) is 4.25. The SMILES string of the molecule is CS[C@H](c1ccccc1[S@@](=O)c1ccc(C)cc1)C(O)C(C)C. The first-order chi connectivity index (χ1) is 11.0. The summed E-state index contributed by atoms with van der Waals surface area (Å²) in [6.07, 6.45) is 1.52. The van der Waals surface area contributed by atoms with Crippen LogP contribution < -0.4 is 0 Å². The predicted octanol–water partition coefficient (Wildman–Crippen LogP) is 4.58. The number of aliphatic hydroxyl groups excluding tert-OH is 1. The minimum absolute atomic E-state index is 0.0828. The van der Waals surface area contributed by atoms with Gasteiger partial charge in [-0.1, -0.05) is 49.7 Å². The zero-order valence-corrected chi connectivity index (χ0v) is 15.7. The summed E-state index contributed by atoms with van der Waals surface area (Å²) in [5.74, 6) is 0.147. The number of rotatable bonds is 6. The van der Waals surface area contributed by atoms with Gasteiger partial charge in [-0.3, -0.25) is 0 Å². The largest absolute Gasteiger partial charge is 0.391 e.